The Morgan fingerprint density at radius 3 is 2.53 bits per heavy atom. The molecule has 3 nitrogen and oxygen atoms in total. The largest absolute Gasteiger partial charge is 0.371 e. The Labute approximate surface area is 116 Å². The second-order valence-corrected chi connectivity index (χ2v) is 5.34. The molecule has 0 radical (unpaired) electrons. The average molecular weight is 319 g/mol. The zero-order chi connectivity index (χ0) is 13.0. The molecular formula is C12H19BrN2OS. The minimum atomic E-state index is -0.00713. The highest BCUT2D eigenvalue weighted by molar-refractivity contribution is 9.10. The molecule has 1 aromatic rings. The van der Waals surface area contributed by atoms with Crippen LogP contribution in [0.2, 0.25) is 0 Å². The number of rotatable bonds is 5. The molecule has 96 valence electrons. The molecule has 1 N–H and O–H groups in total. The van der Waals surface area contributed by atoms with Crippen molar-refractivity contribution < 1.29 is 4.74 Å². The number of ether oxygens (including phenoxy) is 1. The van der Waals surface area contributed by atoms with E-state index < -0.39 is 0 Å². The summed E-state index contributed by atoms with van der Waals surface area (Å²) in [6, 6.07) is 0. The predicted molar refractivity (Wildman–Crippen MR) is 75.9 cm³/mol. The fraction of sp³-hybridized carbons (Fsp3) is 0.667. The Kier molecular flexibility index (Phi) is 5.76. The van der Waals surface area contributed by atoms with Crippen LogP contribution < -0.4 is 0 Å². The molecule has 0 spiro atoms. The van der Waals surface area contributed by atoms with Gasteiger partial charge in [0.1, 0.15) is 16.6 Å². The first-order valence-corrected chi connectivity index (χ1v) is 7.12. The van der Waals surface area contributed by atoms with Crippen LogP contribution in [-0.4, -0.2) is 16.6 Å². The van der Waals surface area contributed by atoms with Crippen LogP contribution in [0.3, 0.4) is 0 Å². The molecule has 1 aromatic heterocycles. The van der Waals surface area contributed by atoms with Crippen LogP contribution in [0.25, 0.3) is 0 Å². The van der Waals surface area contributed by atoms with E-state index >= 15 is 0 Å². The lowest BCUT2D eigenvalue weighted by atomic mass is 10.1. The van der Waals surface area contributed by atoms with E-state index in [2.05, 4.69) is 46.7 Å². The van der Waals surface area contributed by atoms with Crippen molar-refractivity contribution in [2.45, 2.75) is 46.1 Å². The molecule has 1 unspecified atom stereocenters. The molecule has 1 atom stereocenters. The fourth-order valence-corrected chi connectivity index (χ4v) is 2.49. The van der Waals surface area contributed by atoms with Crippen molar-refractivity contribution in [1.82, 2.24) is 9.97 Å². The lowest BCUT2D eigenvalue weighted by Gasteiger charge is -2.17. The first-order valence-electron chi connectivity index (χ1n) is 5.92. The summed E-state index contributed by atoms with van der Waals surface area (Å²) in [7, 11) is 0. The quantitative estimate of drug-likeness (QED) is 0.811. The standard InChI is InChI=1S/C12H19BrN2OS/c1-5-8(16-6-2)11-14-10(7(3)4)9(13)12(17)15-11/h7-8H,5-6H2,1-4H3,(H,14,15,17). The highest BCUT2D eigenvalue weighted by atomic mass is 79.9. The first kappa shape index (κ1) is 14.8. The Bertz CT molecular complexity index is 431. The monoisotopic (exact) mass is 318 g/mol. The van der Waals surface area contributed by atoms with Gasteiger partial charge in [-0.2, -0.15) is 0 Å². The maximum absolute atomic E-state index is 5.65. The van der Waals surface area contributed by atoms with Crippen molar-refractivity contribution in [2.24, 2.45) is 0 Å². The van der Waals surface area contributed by atoms with Gasteiger partial charge in [0.05, 0.1) is 4.47 Å². The number of halogens is 1. The van der Waals surface area contributed by atoms with Crippen molar-refractivity contribution in [2.75, 3.05) is 6.61 Å². The fourth-order valence-electron chi connectivity index (χ4n) is 1.64. The molecule has 1 rings (SSSR count). The summed E-state index contributed by atoms with van der Waals surface area (Å²) in [5.41, 5.74) is 1.08. The van der Waals surface area contributed by atoms with Crippen LogP contribution >= 0.6 is 28.1 Å². The van der Waals surface area contributed by atoms with E-state index in [0.717, 1.165) is 22.4 Å². The number of aromatic nitrogens is 2. The summed E-state index contributed by atoms with van der Waals surface area (Å²) < 4.78 is 7.14. The predicted octanol–water partition coefficient (Wildman–Crippen LogP) is 4.51. The Morgan fingerprint density at radius 2 is 2.06 bits per heavy atom. The number of aromatic amines is 1. The second-order valence-electron chi connectivity index (χ2n) is 4.16. The smallest absolute Gasteiger partial charge is 0.144 e. The second kappa shape index (κ2) is 6.61. The van der Waals surface area contributed by atoms with Crippen LogP contribution in [-0.2, 0) is 4.74 Å². The summed E-state index contributed by atoms with van der Waals surface area (Å²) >= 11 is 8.75. The van der Waals surface area contributed by atoms with Crippen molar-refractivity contribution >= 4 is 28.1 Å². The number of hydrogen-bond donors (Lipinski definition) is 1. The number of hydrogen-bond acceptors (Lipinski definition) is 3. The molecule has 0 fully saturated rings. The molecule has 5 heteroatoms. The topological polar surface area (TPSA) is 37.9 Å². The third-order valence-electron chi connectivity index (χ3n) is 2.53. The lowest BCUT2D eigenvalue weighted by Crippen LogP contribution is -2.11. The molecule has 17 heavy (non-hydrogen) atoms. The third-order valence-corrected chi connectivity index (χ3v) is 3.89. The Balaban J connectivity index is 3.22. The van der Waals surface area contributed by atoms with Gasteiger partial charge in [-0.3, -0.25) is 0 Å². The third kappa shape index (κ3) is 3.60. The van der Waals surface area contributed by atoms with E-state index in [0.29, 0.717) is 17.2 Å². The summed E-state index contributed by atoms with van der Waals surface area (Å²) in [6.45, 7) is 8.98. The van der Waals surface area contributed by atoms with E-state index in [9.17, 15) is 0 Å². The maximum atomic E-state index is 5.65. The Morgan fingerprint density at radius 1 is 1.41 bits per heavy atom. The summed E-state index contributed by atoms with van der Waals surface area (Å²) in [6.07, 6.45) is 0.873. The molecule has 0 bridgehead atoms. The van der Waals surface area contributed by atoms with Crippen LogP contribution in [0.5, 0.6) is 0 Å². The van der Waals surface area contributed by atoms with Crippen molar-refractivity contribution in [3.05, 3.63) is 20.6 Å². The van der Waals surface area contributed by atoms with Gasteiger partial charge in [-0.15, -0.1) is 0 Å². The zero-order valence-corrected chi connectivity index (χ0v) is 13.1. The van der Waals surface area contributed by atoms with Crippen LogP contribution in [0.4, 0.5) is 0 Å². The van der Waals surface area contributed by atoms with Gasteiger partial charge in [0.15, 0.2) is 0 Å². The molecule has 0 amide bonds. The molecule has 0 saturated heterocycles. The normalized spacial score (nSPS) is 13.1. The molecule has 0 aliphatic rings. The average Bonchev–Trinajstić information content (AvgIpc) is 2.29. The van der Waals surface area contributed by atoms with Crippen molar-refractivity contribution in [3.8, 4) is 0 Å². The molecule has 0 aromatic carbocycles. The van der Waals surface area contributed by atoms with Gasteiger partial charge in [0.25, 0.3) is 0 Å². The van der Waals surface area contributed by atoms with Crippen LogP contribution in [0.15, 0.2) is 4.47 Å². The molecule has 0 aliphatic carbocycles. The van der Waals surface area contributed by atoms with Gasteiger partial charge in [-0.25, -0.2) is 4.98 Å². The maximum Gasteiger partial charge on any atom is 0.144 e. The van der Waals surface area contributed by atoms with Crippen LogP contribution in [0, 0.1) is 4.64 Å². The number of H-pyrrole nitrogens is 1. The summed E-state index contributed by atoms with van der Waals surface area (Å²) in [5, 5.41) is 0. The SMILES string of the molecule is CCOC(CC)c1nc(=S)c(Br)c(C(C)C)[nH]1. The summed E-state index contributed by atoms with van der Waals surface area (Å²) in [4.78, 5) is 7.73. The Hall–Kier alpha value is -0.260. The van der Waals surface area contributed by atoms with Crippen molar-refractivity contribution in [3.63, 3.8) is 0 Å². The van der Waals surface area contributed by atoms with Gasteiger partial charge in [0, 0.05) is 12.3 Å². The minimum Gasteiger partial charge on any atom is -0.371 e. The zero-order valence-electron chi connectivity index (χ0n) is 10.7. The minimum absolute atomic E-state index is 0.00713. The lowest BCUT2D eigenvalue weighted by molar-refractivity contribution is 0.0531. The van der Waals surface area contributed by atoms with E-state index in [-0.39, 0.29) is 6.10 Å². The van der Waals surface area contributed by atoms with Gasteiger partial charge in [-0.1, -0.05) is 33.0 Å². The first-order chi connectivity index (χ1) is 8.01. The number of nitrogens with one attached hydrogen (secondary N) is 1. The van der Waals surface area contributed by atoms with Crippen LogP contribution in [0.1, 0.15) is 57.7 Å². The van der Waals surface area contributed by atoms with Gasteiger partial charge in [0.2, 0.25) is 0 Å². The highest BCUT2D eigenvalue weighted by Crippen LogP contribution is 2.26. The van der Waals surface area contributed by atoms with E-state index in [1.165, 1.54) is 0 Å². The van der Waals surface area contributed by atoms with Crippen molar-refractivity contribution in [1.29, 1.82) is 0 Å². The van der Waals surface area contributed by atoms with E-state index in [1.54, 1.807) is 0 Å². The summed E-state index contributed by atoms with van der Waals surface area (Å²) in [5.74, 6) is 1.19. The molecular weight excluding hydrogens is 300 g/mol. The molecule has 0 saturated carbocycles. The van der Waals surface area contributed by atoms with E-state index in [4.69, 9.17) is 17.0 Å². The molecule has 1 heterocycles. The highest BCUT2D eigenvalue weighted by Gasteiger charge is 2.16. The van der Waals surface area contributed by atoms with Gasteiger partial charge >= 0.3 is 0 Å². The number of nitrogens with zero attached hydrogens (tertiary/aromatic N) is 1. The van der Waals surface area contributed by atoms with Gasteiger partial charge in [-0.05, 0) is 35.2 Å². The van der Waals surface area contributed by atoms with E-state index in [1.807, 2.05) is 6.92 Å². The molecule has 0 aliphatic heterocycles. The van der Waals surface area contributed by atoms with Gasteiger partial charge < -0.3 is 9.72 Å².